The van der Waals surface area contributed by atoms with Gasteiger partial charge in [0.1, 0.15) is 7.11 Å². The predicted octanol–water partition coefficient (Wildman–Crippen LogP) is 1.38. The second kappa shape index (κ2) is 7.03. The van der Waals surface area contributed by atoms with Gasteiger partial charge in [0.05, 0.1) is 0 Å². The van der Waals surface area contributed by atoms with Crippen molar-refractivity contribution in [3.63, 3.8) is 0 Å². The number of oxime groups is 1. The third-order valence-corrected chi connectivity index (χ3v) is 0.815. The van der Waals surface area contributed by atoms with Gasteiger partial charge in [-0.15, -0.1) is 0 Å². The third kappa shape index (κ3) is 7.03. The largest absolute Gasteiger partial charge is 0.399 e. The topological polar surface area (TPSA) is 21.6 Å². The highest BCUT2D eigenvalue weighted by Gasteiger charge is 1.78. The molecule has 0 aliphatic carbocycles. The minimum Gasteiger partial charge on any atom is -0.399 e. The SMILES string of the molecule is [C]#CCCCC=NOC. The van der Waals surface area contributed by atoms with Gasteiger partial charge in [0.25, 0.3) is 0 Å². The van der Waals surface area contributed by atoms with Crippen LogP contribution in [0.2, 0.25) is 0 Å². The molecule has 0 N–H and O–H groups in total. The molecule has 0 aliphatic heterocycles. The van der Waals surface area contributed by atoms with Crippen molar-refractivity contribution < 1.29 is 4.84 Å². The van der Waals surface area contributed by atoms with Gasteiger partial charge in [-0.25, -0.2) is 0 Å². The average Bonchev–Trinajstić information content (AvgIpc) is 1.89. The summed E-state index contributed by atoms with van der Waals surface area (Å²) in [6, 6.07) is 0. The van der Waals surface area contributed by atoms with Gasteiger partial charge in [0, 0.05) is 12.6 Å². The molecule has 0 atom stereocenters. The molecular formula is C7H10NO. The fraction of sp³-hybridized carbons (Fsp3) is 0.571. The minimum atomic E-state index is 0.704. The number of hydrogen-bond donors (Lipinski definition) is 0. The molecule has 0 aromatic heterocycles. The first-order chi connectivity index (χ1) is 4.41. The maximum atomic E-state index is 6.56. The Labute approximate surface area is 55.9 Å². The maximum Gasteiger partial charge on any atom is 0.106 e. The summed E-state index contributed by atoms with van der Waals surface area (Å²) in [6.45, 7) is 0. The monoisotopic (exact) mass is 124 g/mol. The Morgan fingerprint density at radius 1 is 1.78 bits per heavy atom. The molecule has 0 aliphatic rings. The molecule has 9 heavy (non-hydrogen) atoms. The van der Waals surface area contributed by atoms with Crippen LogP contribution in [0.3, 0.4) is 0 Å². The number of unbranched alkanes of at least 4 members (excludes halogenated alkanes) is 2. The molecule has 1 radical (unpaired) electrons. The highest BCUT2D eigenvalue weighted by molar-refractivity contribution is 5.56. The molecule has 0 amide bonds. The second-order valence-electron chi connectivity index (χ2n) is 1.54. The van der Waals surface area contributed by atoms with E-state index in [1.807, 2.05) is 0 Å². The molecule has 0 saturated heterocycles. The van der Waals surface area contributed by atoms with E-state index in [0.717, 1.165) is 12.8 Å². The standard InChI is InChI=1S/C7H10NO/c1-3-4-5-6-7-8-9-2/h7H,4-6H2,2H3. The van der Waals surface area contributed by atoms with E-state index in [2.05, 4.69) is 15.9 Å². The molecule has 0 heterocycles. The van der Waals surface area contributed by atoms with Crippen LogP contribution in [0.25, 0.3) is 0 Å². The molecule has 0 spiro atoms. The first-order valence-electron chi connectivity index (χ1n) is 2.86. The minimum absolute atomic E-state index is 0.704. The van der Waals surface area contributed by atoms with Gasteiger partial charge in [-0.2, -0.15) is 0 Å². The summed E-state index contributed by atoms with van der Waals surface area (Å²) in [5.41, 5.74) is 0. The first kappa shape index (κ1) is 8.03. The van der Waals surface area contributed by atoms with Crippen molar-refractivity contribution in [2.75, 3.05) is 7.11 Å². The molecule has 2 nitrogen and oxygen atoms in total. The van der Waals surface area contributed by atoms with Crippen LogP contribution < -0.4 is 0 Å². The van der Waals surface area contributed by atoms with E-state index in [1.54, 1.807) is 6.21 Å². The number of hydrogen-bond acceptors (Lipinski definition) is 2. The third-order valence-electron chi connectivity index (χ3n) is 0.815. The van der Waals surface area contributed by atoms with Crippen molar-refractivity contribution in [3.05, 3.63) is 6.42 Å². The normalized spacial score (nSPS) is 9.33. The predicted molar refractivity (Wildman–Crippen MR) is 36.5 cm³/mol. The van der Waals surface area contributed by atoms with Crippen LogP contribution in [0.15, 0.2) is 5.16 Å². The Hall–Kier alpha value is -0.970. The summed E-state index contributed by atoms with van der Waals surface area (Å²) in [5.74, 6) is 2.29. The summed E-state index contributed by atoms with van der Waals surface area (Å²) >= 11 is 0. The molecule has 0 saturated carbocycles. The fourth-order valence-corrected chi connectivity index (χ4v) is 0.409. The molecule has 0 fully saturated rings. The Kier molecular flexibility index (Phi) is 6.27. The summed E-state index contributed by atoms with van der Waals surface area (Å²) in [7, 11) is 1.51. The fourth-order valence-electron chi connectivity index (χ4n) is 0.409. The Morgan fingerprint density at radius 2 is 2.56 bits per heavy atom. The first-order valence-corrected chi connectivity index (χ1v) is 2.86. The van der Waals surface area contributed by atoms with Gasteiger partial charge in [0.2, 0.25) is 0 Å². The Balaban J connectivity index is 2.92. The zero-order chi connectivity index (χ0) is 6.95. The second-order valence-corrected chi connectivity index (χ2v) is 1.54. The average molecular weight is 124 g/mol. The van der Waals surface area contributed by atoms with Crippen LogP contribution in [-0.2, 0) is 4.84 Å². The van der Waals surface area contributed by atoms with Crippen molar-refractivity contribution in [2.45, 2.75) is 19.3 Å². The quantitative estimate of drug-likeness (QED) is 0.240. The van der Waals surface area contributed by atoms with Gasteiger partial charge in [-0.1, -0.05) is 11.1 Å². The lowest BCUT2D eigenvalue weighted by atomic mass is 10.3. The van der Waals surface area contributed by atoms with Crippen molar-refractivity contribution in [3.8, 4) is 5.92 Å². The molecule has 0 unspecified atom stereocenters. The molecule has 0 bridgehead atoms. The van der Waals surface area contributed by atoms with Crippen molar-refractivity contribution in [1.29, 1.82) is 0 Å². The summed E-state index contributed by atoms with van der Waals surface area (Å²) in [6.07, 6.45) is 10.7. The molecule has 0 aromatic rings. The molecule has 49 valence electrons. The number of nitrogens with zero attached hydrogens (tertiary/aromatic N) is 1. The van der Waals surface area contributed by atoms with Crippen molar-refractivity contribution >= 4 is 6.21 Å². The molecule has 2 heteroatoms. The van der Waals surface area contributed by atoms with E-state index < -0.39 is 0 Å². The lowest BCUT2D eigenvalue weighted by molar-refractivity contribution is 0.214. The van der Waals surface area contributed by atoms with Crippen LogP contribution in [0, 0.1) is 12.3 Å². The van der Waals surface area contributed by atoms with Crippen molar-refractivity contribution in [1.82, 2.24) is 0 Å². The highest BCUT2D eigenvalue weighted by atomic mass is 16.6. The summed E-state index contributed by atoms with van der Waals surface area (Å²) < 4.78 is 0. The van der Waals surface area contributed by atoms with Crippen LogP contribution in [0.1, 0.15) is 19.3 Å². The van der Waals surface area contributed by atoms with E-state index in [0.29, 0.717) is 6.42 Å². The lowest BCUT2D eigenvalue weighted by Gasteiger charge is -1.85. The van der Waals surface area contributed by atoms with Crippen LogP contribution >= 0.6 is 0 Å². The number of rotatable bonds is 4. The van der Waals surface area contributed by atoms with E-state index in [9.17, 15) is 0 Å². The van der Waals surface area contributed by atoms with Gasteiger partial charge >= 0.3 is 0 Å². The zero-order valence-corrected chi connectivity index (χ0v) is 5.55. The van der Waals surface area contributed by atoms with Crippen LogP contribution in [0.4, 0.5) is 0 Å². The van der Waals surface area contributed by atoms with E-state index in [-0.39, 0.29) is 0 Å². The van der Waals surface area contributed by atoms with E-state index in [4.69, 9.17) is 6.42 Å². The van der Waals surface area contributed by atoms with Gasteiger partial charge in [-0.05, 0) is 19.3 Å². The van der Waals surface area contributed by atoms with Crippen molar-refractivity contribution in [2.24, 2.45) is 5.16 Å². The van der Waals surface area contributed by atoms with E-state index in [1.165, 1.54) is 7.11 Å². The summed E-state index contributed by atoms with van der Waals surface area (Å²) in [5, 5.41) is 3.53. The summed E-state index contributed by atoms with van der Waals surface area (Å²) in [4.78, 5) is 4.42. The van der Waals surface area contributed by atoms with Gasteiger partial charge in [0.15, 0.2) is 0 Å². The van der Waals surface area contributed by atoms with Gasteiger partial charge < -0.3 is 4.84 Å². The Bertz CT molecular complexity index is 113. The maximum absolute atomic E-state index is 6.56. The Morgan fingerprint density at radius 3 is 3.11 bits per heavy atom. The lowest BCUT2D eigenvalue weighted by Crippen LogP contribution is -1.76. The molecule has 0 aromatic carbocycles. The van der Waals surface area contributed by atoms with Gasteiger partial charge in [-0.3, -0.25) is 0 Å². The van der Waals surface area contributed by atoms with Crippen LogP contribution in [0.5, 0.6) is 0 Å². The highest BCUT2D eigenvalue weighted by Crippen LogP contribution is 1.89. The van der Waals surface area contributed by atoms with Crippen LogP contribution in [-0.4, -0.2) is 13.3 Å². The van der Waals surface area contributed by atoms with E-state index >= 15 is 0 Å². The molecule has 0 rings (SSSR count). The zero-order valence-electron chi connectivity index (χ0n) is 5.55. The molecular weight excluding hydrogens is 114 g/mol. The smallest absolute Gasteiger partial charge is 0.106 e.